The first-order valence-corrected chi connectivity index (χ1v) is 4.85. The summed E-state index contributed by atoms with van der Waals surface area (Å²) in [6.07, 6.45) is 7.09. The second-order valence-electron chi connectivity index (χ2n) is 2.21. The molecule has 1 atom stereocenters. The van der Waals surface area contributed by atoms with Crippen LogP contribution < -0.4 is 5.32 Å². The van der Waals surface area contributed by atoms with E-state index in [0.717, 1.165) is 18.1 Å². The van der Waals surface area contributed by atoms with Crippen LogP contribution in [0.3, 0.4) is 0 Å². The van der Waals surface area contributed by atoms with Crippen LogP contribution in [0.25, 0.3) is 0 Å². The number of rotatable bonds is 6. The molecule has 0 aliphatic heterocycles. The van der Waals surface area contributed by atoms with Crippen molar-refractivity contribution in [2.24, 2.45) is 0 Å². The van der Waals surface area contributed by atoms with Crippen molar-refractivity contribution in [3.05, 3.63) is 12.7 Å². The molecule has 62 valence electrons. The smallest absolute Gasteiger partial charge is 0.0658 e. The molecule has 0 aromatic rings. The molecule has 1 nitrogen and oxygen atoms in total. The molecule has 0 aliphatic carbocycles. The molecule has 0 saturated heterocycles. The van der Waals surface area contributed by atoms with Crippen molar-refractivity contribution in [2.45, 2.75) is 13.0 Å². The lowest BCUT2D eigenvalue weighted by molar-refractivity contribution is 0.681. The Morgan fingerprint density at radius 2 is 2.55 bits per heavy atom. The molecule has 0 radical (unpaired) electrons. The highest BCUT2D eigenvalue weighted by atomic mass is 32.2. The van der Waals surface area contributed by atoms with Gasteiger partial charge in [0.2, 0.25) is 0 Å². The third kappa shape index (κ3) is 7.51. The van der Waals surface area contributed by atoms with Gasteiger partial charge in [-0.3, -0.25) is 0 Å². The van der Waals surface area contributed by atoms with Crippen LogP contribution >= 0.6 is 11.8 Å². The molecule has 2 heteroatoms. The summed E-state index contributed by atoms with van der Waals surface area (Å²) in [5, 5.41) is 3.20. The van der Waals surface area contributed by atoms with E-state index in [1.165, 1.54) is 0 Å². The third-order valence-electron chi connectivity index (χ3n) is 1.18. The molecule has 0 amide bonds. The van der Waals surface area contributed by atoms with Gasteiger partial charge in [0.15, 0.2) is 0 Å². The number of terminal acetylenes is 1. The zero-order valence-electron chi connectivity index (χ0n) is 6.97. The maximum absolute atomic E-state index is 5.18. The third-order valence-corrected chi connectivity index (χ3v) is 2.15. The van der Waals surface area contributed by atoms with E-state index < -0.39 is 0 Å². The summed E-state index contributed by atoms with van der Waals surface area (Å²) in [7, 11) is 0. The van der Waals surface area contributed by atoms with Gasteiger partial charge in [0.05, 0.1) is 6.04 Å². The van der Waals surface area contributed by atoms with Crippen LogP contribution in [-0.2, 0) is 0 Å². The van der Waals surface area contributed by atoms with Crippen LogP contribution in [0, 0.1) is 12.3 Å². The minimum absolute atomic E-state index is 0.194. The maximum atomic E-state index is 5.18. The van der Waals surface area contributed by atoms with Gasteiger partial charge in [-0.2, -0.15) is 11.8 Å². The normalized spacial score (nSPS) is 12.0. The lowest BCUT2D eigenvalue weighted by Gasteiger charge is -2.05. The first kappa shape index (κ1) is 10.6. The Labute approximate surface area is 73.6 Å². The van der Waals surface area contributed by atoms with E-state index in [1.807, 2.05) is 24.8 Å². The predicted octanol–water partition coefficient (Wildman–Crippen LogP) is 1.52. The Morgan fingerprint density at radius 3 is 3.09 bits per heavy atom. The molecule has 1 N–H and O–H groups in total. The fourth-order valence-electron chi connectivity index (χ4n) is 0.573. The van der Waals surface area contributed by atoms with E-state index in [-0.39, 0.29) is 6.04 Å². The molecule has 0 spiro atoms. The molecule has 0 aromatic heterocycles. The molecule has 0 aromatic carbocycles. The predicted molar refractivity (Wildman–Crippen MR) is 53.8 cm³/mol. The summed E-state index contributed by atoms with van der Waals surface area (Å²) in [6, 6.07) is 0.194. The number of thioether (sulfide) groups is 1. The van der Waals surface area contributed by atoms with Gasteiger partial charge in [0, 0.05) is 18.1 Å². The lowest BCUT2D eigenvalue weighted by atomic mass is 10.4. The van der Waals surface area contributed by atoms with Gasteiger partial charge in [-0.1, -0.05) is 12.0 Å². The Morgan fingerprint density at radius 1 is 1.82 bits per heavy atom. The Hall–Kier alpha value is -0.390. The molecule has 0 aliphatic rings. The van der Waals surface area contributed by atoms with Crippen molar-refractivity contribution in [3.63, 3.8) is 0 Å². The highest BCUT2D eigenvalue weighted by molar-refractivity contribution is 7.99. The molecule has 11 heavy (non-hydrogen) atoms. The zero-order chi connectivity index (χ0) is 8.53. The summed E-state index contributed by atoms with van der Waals surface area (Å²) in [6.45, 7) is 6.60. The van der Waals surface area contributed by atoms with Crippen molar-refractivity contribution in [2.75, 3.05) is 18.1 Å². The molecule has 0 bridgehead atoms. The van der Waals surface area contributed by atoms with Gasteiger partial charge in [0.1, 0.15) is 0 Å². The summed E-state index contributed by atoms with van der Waals surface area (Å²) < 4.78 is 0. The Bertz CT molecular complexity index is 137. The summed E-state index contributed by atoms with van der Waals surface area (Å²) in [4.78, 5) is 0. The minimum Gasteiger partial charge on any atom is -0.303 e. The second kappa shape index (κ2) is 7.71. The van der Waals surface area contributed by atoms with E-state index in [4.69, 9.17) is 6.42 Å². The minimum atomic E-state index is 0.194. The lowest BCUT2D eigenvalue weighted by Crippen LogP contribution is -2.26. The number of hydrogen-bond donors (Lipinski definition) is 1. The van der Waals surface area contributed by atoms with Crippen LogP contribution in [0.2, 0.25) is 0 Å². The second-order valence-corrected chi connectivity index (χ2v) is 3.36. The molecule has 1 unspecified atom stereocenters. The largest absolute Gasteiger partial charge is 0.303 e. The van der Waals surface area contributed by atoms with Crippen molar-refractivity contribution in [1.82, 2.24) is 5.32 Å². The van der Waals surface area contributed by atoms with Crippen LogP contribution in [0.5, 0.6) is 0 Å². The van der Waals surface area contributed by atoms with Gasteiger partial charge in [-0.15, -0.1) is 13.0 Å². The van der Waals surface area contributed by atoms with E-state index in [2.05, 4.69) is 17.8 Å². The fraction of sp³-hybridized carbons (Fsp3) is 0.556. The summed E-state index contributed by atoms with van der Waals surface area (Å²) >= 11 is 1.86. The Kier molecular flexibility index (Phi) is 7.44. The summed E-state index contributed by atoms with van der Waals surface area (Å²) in [5.74, 6) is 4.73. The molecular weight excluding hydrogens is 154 g/mol. The molecule has 0 saturated carbocycles. The SMILES string of the molecule is C#CC(C)NCCSCC=C. The van der Waals surface area contributed by atoms with Crippen molar-refractivity contribution in [3.8, 4) is 12.3 Å². The van der Waals surface area contributed by atoms with Crippen molar-refractivity contribution in [1.29, 1.82) is 0 Å². The highest BCUT2D eigenvalue weighted by Crippen LogP contribution is 1.97. The summed E-state index contributed by atoms with van der Waals surface area (Å²) in [5.41, 5.74) is 0. The van der Waals surface area contributed by atoms with Gasteiger partial charge >= 0.3 is 0 Å². The van der Waals surface area contributed by atoms with Crippen molar-refractivity contribution < 1.29 is 0 Å². The zero-order valence-corrected chi connectivity index (χ0v) is 7.79. The van der Waals surface area contributed by atoms with Crippen LogP contribution in [0.4, 0.5) is 0 Å². The van der Waals surface area contributed by atoms with E-state index in [0.29, 0.717) is 0 Å². The average molecular weight is 169 g/mol. The van der Waals surface area contributed by atoms with E-state index in [1.54, 1.807) is 0 Å². The highest BCUT2D eigenvalue weighted by Gasteiger charge is 1.92. The fourth-order valence-corrected chi connectivity index (χ4v) is 1.17. The maximum Gasteiger partial charge on any atom is 0.0658 e. The number of nitrogens with one attached hydrogen (secondary N) is 1. The van der Waals surface area contributed by atoms with Crippen LogP contribution in [0.1, 0.15) is 6.92 Å². The Balaban J connectivity index is 3.03. The average Bonchev–Trinajstić information content (AvgIpc) is 2.04. The quantitative estimate of drug-likeness (QED) is 0.367. The molecule has 0 rings (SSSR count). The van der Waals surface area contributed by atoms with Gasteiger partial charge in [-0.05, 0) is 6.92 Å². The monoisotopic (exact) mass is 169 g/mol. The standard InChI is InChI=1S/C9H15NS/c1-4-7-11-8-6-10-9(3)5-2/h2,4,9-10H,1,6-8H2,3H3. The van der Waals surface area contributed by atoms with Gasteiger partial charge < -0.3 is 5.32 Å². The topological polar surface area (TPSA) is 12.0 Å². The van der Waals surface area contributed by atoms with Crippen LogP contribution in [-0.4, -0.2) is 24.1 Å². The first-order chi connectivity index (χ1) is 5.31. The van der Waals surface area contributed by atoms with E-state index in [9.17, 15) is 0 Å². The first-order valence-electron chi connectivity index (χ1n) is 3.69. The number of hydrogen-bond acceptors (Lipinski definition) is 2. The van der Waals surface area contributed by atoms with Crippen molar-refractivity contribution >= 4 is 11.8 Å². The van der Waals surface area contributed by atoms with Gasteiger partial charge in [-0.25, -0.2) is 0 Å². The van der Waals surface area contributed by atoms with Gasteiger partial charge in [0.25, 0.3) is 0 Å². The van der Waals surface area contributed by atoms with E-state index >= 15 is 0 Å². The molecular formula is C9H15NS. The molecule has 0 fully saturated rings. The molecule has 0 heterocycles. The van der Waals surface area contributed by atoms with Crippen LogP contribution in [0.15, 0.2) is 12.7 Å².